The van der Waals surface area contributed by atoms with E-state index in [4.69, 9.17) is 4.74 Å². The Balaban J connectivity index is 1.71. The number of aromatic nitrogens is 4. The second-order valence-electron chi connectivity index (χ2n) is 7.03. The Morgan fingerprint density at radius 3 is 2.88 bits per heavy atom. The lowest BCUT2D eigenvalue weighted by Gasteiger charge is -2.17. The summed E-state index contributed by atoms with van der Waals surface area (Å²) in [7, 11) is 1.70. The molecule has 0 aliphatic carbocycles. The van der Waals surface area contributed by atoms with Crippen LogP contribution < -0.4 is 0 Å². The van der Waals surface area contributed by atoms with Crippen molar-refractivity contribution in [2.75, 3.05) is 19.5 Å². The predicted molar refractivity (Wildman–Crippen MR) is 103 cm³/mol. The standard InChI is InChI=1S/C19H28N4O2S/c1-13-10-16(15(3)23(13)14(2)11-25-4)17(24)12-26-19-21-20-18-8-6-5-7-9-22(18)19/h10,14H,5-9,11-12H2,1-4H3/t14-/m1/s1. The number of carbonyl (C=O) groups excluding carboxylic acids is 1. The molecular formula is C19H28N4O2S. The van der Waals surface area contributed by atoms with E-state index >= 15 is 0 Å². The first-order chi connectivity index (χ1) is 12.5. The lowest BCUT2D eigenvalue weighted by atomic mass is 10.2. The minimum atomic E-state index is 0.143. The molecule has 0 aromatic carbocycles. The monoisotopic (exact) mass is 376 g/mol. The lowest BCUT2D eigenvalue weighted by Crippen LogP contribution is -2.15. The van der Waals surface area contributed by atoms with Crippen molar-refractivity contribution in [1.82, 2.24) is 19.3 Å². The molecule has 1 aliphatic heterocycles. The molecule has 0 radical (unpaired) electrons. The first-order valence-corrected chi connectivity index (χ1v) is 10.3. The molecule has 0 unspecified atom stereocenters. The van der Waals surface area contributed by atoms with Gasteiger partial charge in [-0.2, -0.15) is 0 Å². The molecular weight excluding hydrogens is 348 g/mol. The van der Waals surface area contributed by atoms with Gasteiger partial charge in [0.25, 0.3) is 0 Å². The van der Waals surface area contributed by atoms with Gasteiger partial charge < -0.3 is 13.9 Å². The molecule has 1 aliphatic rings. The number of carbonyl (C=O) groups is 1. The van der Waals surface area contributed by atoms with Crippen molar-refractivity contribution in [2.24, 2.45) is 0 Å². The summed E-state index contributed by atoms with van der Waals surface area (Å²) in [4.78, 5) is 12.8. The van der Waals surface area contributed by atoms with Crippen LogP contribution >= 0.6 is 11.8 Å². The fourth-order valence-electron chi connectivity index (χ4n) is 3.83. The number of Topliss-reactive ketones (excluding diaryl/α,β-unsaturated/α-hetero) is 1. The number of methoxy groups -OCH3 is 1. The van der Waals surface area contributed by atoms with Crippen LogP contribution in [-0.4, -0.2) is 44.6 Å². The van der Waals surface area contributed by atoms with E-state index in [9.17, 15) is 4.79 Å². The van der Waals surface area contributed by atoms with Crippen LogP contribution in [0, 0.1) is 13.8 Å². The second-order valence-corrected chi connectivity index (χ2v) is 7.97. The Kier molecular flexibility index (Phi) is 6.19. The van der Waals surface area contributed by atoms with E-state index in [0.717, 1.165) is 47.3 Å². The van der Waals surface area contributed by atoms with Crippen molar-refractivity contribution in [3.05, 3.63) is 28.8 Å². The van der Waals surface area contributed by atoms with E-state index in [2.05, 4.69) is 26.3 Å². The Morgan fingerprint density at radius 1 is 1.31 bits per heavy atom. The fraction of sp³-hybridized carbons (Fsp3) is 0.632. The summed E-state index contributed by atoms with van der Waals surface area (Å²) >= 11 is 1.50. The van der Waals surface area contributed by atoms with Crippen LogP contribution in [0.25, 0.3) is 0 Å². The Labute approximate surface area is 159 Å². The molecule has 6 nitrogen and oxygen atoms in total. The van der Waals surface area contributed by atoms with Crippen LogP contribution in [0.2, 0.25) is 0 Å². The number of rotatable bonds is 7. The zero-order valence-electron chi connectivity index (χ0n) is 16.1. The molecule has 0 saturated heterocycles. The highest BCUT2D eigenvalue weighted by atomic mass is 32.2. The molecule has 0 spiro atoms. The SMILES string of the molecule is COC[C@@H](C)n1c(C)cc(C(=O)CSc2nnc3n2CCCCC3)c1C. The number of ketones is 1. The van der Waals surface area contributed by atoms with Crippen molar-refractivity contribution in [1.29, 1.82) is 0 Å². The topological polar surface area (TPSA) is 61.9 Å². The summed E-state index contributed by atoms with van der Waals surface area (Å²) in [5.74, 6) is 1.59. The molecule has 0 saturated carbocycles. The van der Waals surface area contributed by atoms with E-state index in [1.807, 2.05) is 19.9 Å². The van der Waals surface area contributed by atoms with Crippen LogP contribution in [0.3, 0.4) is 0 Å². The molecule has 0 amide bonds. The molecule has 3 heterocycles. The van der Waals surface area contributed by atoms with Gasteiger partial charge in [0.1, 0.15) is 5.82 Å². The summed E-state index contributed by atoms with van der Waals surface area (Å²) in [6.07, 6.45) is 4.55. The zero-order valence-corrected chi connectivity index (χ0v) is 16.9. The fourth-order valence-corrected chi connectivity index (χ4v) is 4.69. The van der Waals surface area contributed by atoms with Crippen molar-refractivity contribution >= 4 is 17.5 Å². The van der Waals surface area contributed by atoms with Gasteiger partial charge in [0, 0.05) is 37.0 Å². The molecule has 1 atom stereocenters. The van der Waals surface area contributed by atoms with Crippen LogP contribution in [0.15, 0.2) is 11.2 Å². The van der Waals surface area contributed by atoms with Gasteiger partial charge in [-0.05, 0) is 39.7 Å². The average Bonchev–Trinajstić information content (AvgIpc) is 3.03. The van der Waals surface area contributed by atoms with Gasteiger partial charge in [0.05, 0.1) is 18.4 Å². The number of thioether (sulfide) groups is 1. The number of hydrogen-bond acceptors (Lipinski definition) is 5. The molecule has 0 bridgehead atoms. The van der Waals surface area contributed by atoms with Gasteiger partial charge >= 0.3 is 0 Å². The van der Waals surface area contributed by atoms with E-state index in [-0.39, 0.29) is 11.8 Å². The van der Waals surface area contributed by atoms with Crippen LogP contribution in [0.1, 0.15) is 59.8 Å². The van der Waals surface area contributed by atoms with Gasteiger partial charge in [0.2, 0.25) is 0 Å². The first kappa shape index (κ1) is 19.2. The molecule has 2 aromatic rings. The highest BCUT2D eigenvalue weighted by Crippen LogP contribution is 2.25. The third-order valence-corrected chi connectivity index (χ3v) is 6.01. The van der Waals surface area contributed by atoms with Gasteiger partial charge in [-0.1, -0.05) is 18.2 Å². The Hall–Kier alpha value is -1.60. The molecule has 142 valence electrons. The first-order valence-electron chi connectivity index (χ1n) is 9.28. The average molecular weight is 377 g/mol. The van der Waals surface area contributed by atoms with Gasteiger partial charge in [-0.3, -0.25) is 4.79 Å². The zero-order chi connectivity index (χ0) is 18.7. The van der Waals surface area contributed by atoms with E-state index in [1.54, 1.807) is 7.11 Å². The summed E-state index contributed by atoms with van der Waals surface area (Å²) < 4.78 is 9.64. The highest BCUT2D eigenvalue weighted by Gasteiger charge is 2.21. The van der Waals surface area contributed by atoms with E-state index in [0.29, 0.717) is 12.4 Å². The summed E-state index contributed by atoms with van der Waals surface area (Å²) in [5.41, 5.74) is 2.91. The molecule has 7 heteroatoms. The number of fused-ring (bicyclic) bond motifs is 1. The molecule has 2 aromatic heterocycles. The summed E-state index contributed by atoms with van der Waals surface area (Å²) in [6.45, 7) is 7.76. The van der Waals surface area contributed by atoms with Gasteiger partial charge in [-0.25, -0.2) is 0 Å². The van der Waals surface area contributed by atoms with Crippen molar-refractivity contribution < 1.29 is 9.53 Å². The predicted octanol–water partition coefficient (Wildman–Crippen LogP) is 3.61. The van der Waals surface area contributed by atoms with Gasteiger partial charge in [-0.15, -0.1) is 10.2 Å². The lowest BCUT2D eigenvalue weighted by molar-refractivity contribution is 0.102. The third-order valence-electron chi connectivity index (χ3n) is 5.04. The maximum absolute atomic E-state index is 12.8. The van der Waals surface area contributed by atoms with Crippen LogP contribution in [0.5, 0.6) is 0 Å². The third kappa shape index (κ3) is 3.88. The molecule has 0 N–H and O–H groups in total. The number of hydrogen-bond donors (Lipinski definition) is 0. The highest BCUT2D eigenvalue weighted by molar-refractivity contribution is 7.99. The second kappa shape index (κ2) is 8.39. The molecule has 0 fully saturated rings. The number of ether oxygens (including phenoxy) is 1. The molecule has 26 heavy (non-hydrogen) atoms. The molecule has 3 rings (SSSR count). The summed E-state index contributed by atoms with van der Waals surface area (Å²) in [6, 6.07) is 2.20. The number of aryl methyl sites for hydroxylation is 2. The maximum Gasteiger partial charge on any atom is 0.191 e. The minimum absolute atomic E-state index is 0.143. The van der Waals surface area contributed by atoms with E-state index in [1.165, 1.54) is 24.6 Å². The number of nitrogens with zero attached hydrogens (tertiary/aromatic N) is 4. The smallest absolute Gasteiger partial charge is 0.191 e. The minimum Gasteiger partial charge on any atom is -0.383 e. The van der Waals surface area contributed by atoms with Crippen molar-refractivity contribution in [3.63, 3.8) is 0 Å². The van der Waals surface area contributed by atoms with Crippen molar-refractivity contribution in [2.45, 2.75) is 64.2 Å². The van der Waals surface area contributed by atoms with E-state index < -0.39 is 0 Å². The maximum atomic E-state index is 12.8. The van der Waals surface area contributed by atoms with Gasteiger partial charge in [0.15, 0.2) is 10.9 Å². The van der Waals surface area contributed by atoms with Crippen LogP contribution in [0.4, 0.5) is 0 Å². The largest absolute Gasteiger partial charge is 0.383 e. The van der Waals surface area contributed by atoms with Crippen LogP contribution in [-0.2, 0) is 17.7 Å². The summed E-state index contributed by atoms with van der Waals surface area (Å²) in [5, 5.41) is 9.49. The quantitative estimate of drug-likeness (QED) is 0.546. The Morgan fingerprint density at radius 2 is 2.12 bits per heavy atom. The normalized spacial score (nSPS) is 15.5. The Bertz CT molecular complexity index is 781. The van der Waals surface area contributed by atoms with Crippen molar-refractivity contribution in [3.8, 4) is 0 Å².